The van der Waals surface area contributed by atoms with E-state index in [9.17, 15) is 0 Å². The number of hydrogen-bond acceptors (Lipinski definition) is 1. The van der Waals surface area contributed by atoms with Crippen molar-refractivity contribution in [3.63, 3.8) is 0 Å². The average Bonchev–Trinajstić information content (AvgIpc) is 2.75. The first-order valence-corrected chi connectivity index (χ1v) is 10.5. The van der Waals surface area contributed by atoms with E-state index in [2.05, 4.69) is 27.7 Å². The van der Waals surface area contributed by atoms with Crippen LogP contribution in [0.25, 0.3) is 0 Å². The molecule has 0 amide bonds. The van der Waals surface area contributed by atoms with Crippen LogP contribution >= 0.6 is 11.3 Å². The van der Waals surface area contributed by atoms with Crippen molar-refractivity contribution in [3.8, 4) is 0 Å². The molecule has 0 aromatic carbocycles. The van der Waals surface area contributed by atoms with Crippen LogP contribution in [0.5, 0.6) is 0 Å². The molecule has 22 heavy (non-hydrogen) atoms. The minimum Gasteiger partial charge on any atom is -0.145 e. The molecule has 1 heterocycles. The summed E-state index contributed by atoms with van der Waals surface area (Å²) in [5, 5.41) is 0. The molecule has 0 bridgehead atoms. The largest absolute Gasteiger partial charge is 0.145 e. The quantitative estimate of drug-likeness (QED) is 0.323. The van der Waals surface area contributed by atoms with Crippen LogP contribution in [-0.4, -0.2) is 0 Å². The Labute approximate surface area is 143 Å². The summed E-state index contributed by atoms with van der Waals surface area (Å²) in [5.41, 5.74) is 3.09. The monoisotopic (exact) mass is 322 g/mol. The topological polar surface area (TPSA) is 0 Å². The van der Waals surface area contributed by atoms with Gasteiger partial charge in [-0.3, -0.25) is 0 Å². The minimum atomic E-state index is 1.31. The number of aryl methyl sites for hydroxylation is 2. The average molecular weight is 323 g/mol. The zero-order valence-electron chi connectivity index (χ0n) is 15.6. The lowest BCUT2D eigenvalue weighted by Gasteiger charge is -2.03. The first-order chi connectivity index (χ1) is 10.7. The molecule has 0 unspecified atom stereocenters. The van der Waals surface area contributed by atoms with Crippen molar-refractivity contribution < 1.29 is 0 Å². The van der Waals surface area contributed by atoms with Crippen molar-refractivity contribution in [1.82, 2.24) is 0 Å². The third-order valence-electron chi connectivity index (χ3n) is 5.04. The Kier molecular flexibility index (Phi) is 10.9. The van der Waals surface area contributed by atoms with E-state index in [1.54, 1.807) is 10.4 Å². The number of unbranched alkanes of at least 4 members (excludes halogenated alkanes) is 11. The Bertz CT molecular complexity index is 389. The molecule has 0 fully saturated rings. The molecular weight excluding hydrogens is 284 g/mol. The molecule has 0 saturated carbocycles. The van der Waals surface area contributed by atoms with Crippen LogP contribution in [0.2, 0.25) is 0 Å². The van der Waals surface area contributed by atoms with Crippen LogP contribution in [-0.2, 0) is 6.42 Å². The van der Waals surface area contributed by atoms with Gasteiger partial charge in [-0.25, -0.2) is 0 Å². The highest BCUT2D eigenvalue weighted by molar-refractivity contribution is 7.12. The van der Waals surface area contributed by atoms with Crippen molar-refractivity contribution >= 4 is 11.3 Å². The van der Waals surface area contributed by atoms with Crippen molar-refractivity contribution in [3.05, 3.63) is 20.9 Å². The Morgan fingerprint density at radius 3 is 1.45 bits per heavy atom. The van der Waals surface area contributed by atoms with Crippen LogP contribution in [0.4, 0.5) is 0 Å². The number of rotatable bonds is 13. The SMILES string of the molecule is CCCCCCCCCCCCCCc1sc(C)c(C)c1C. The molecule has 0 aliphatic heterocycles. The zero-order chi connectivity index (χ0) is 16.2. The summed E-state index contributed by atoms with van der Waals surface area (Å²) in [6, 6.07) is 0. The molecule has 0 spiro atoms. The number of thiophene rings is 1. The molecule has 1 rings (SSSR count). The highest BCUT2D eigenvalue weighted by atomic mass is 32.1. The fraction of sp³-hybridized carbons (Fsp3) is 0.810. The summed E-state index contributed by atoms with van der Waals surface area (Å²) in [6.45, 7) is 9.13. The highest BCUT2D eigenvalue weighted by Crippen LogP contribution is 2.28. The normalized spacial score (nSPS) is 11.3. The van der Waals surface area contributed by atoms with Gasteiger partial charge in [-0.1, -0.05) is 77.6 Å². The van der Waals surface area contributed by atoms with Gasteiger partial charge >= 0.3 is 0 Å². The molecule has 0 N–H and O–H groups in total. The summed E-state index contributed by atoms with van der Waals surface area (Å²) >= 11 is 2.02. The predicted octanol–water partition coefficient (Wildman–Crippen LogP) is 7.92. The van der Waals surface area contributed by atoms with E-state index in [-0.39, 0.29) is 0 Å². The van der Waals surface area contributed by atoms with Gasteiger partial charge in [0.2, 0.25) is 0 Å². The second kappa shape index (κ2) is 12.2. The Hall–Kier alpha value is -0.300. The predicted molar refractivity (Wildman–Crippen MR) is 103 cm³/mol. The van der Waals surface area contributed by atoms with Crippen molar-refractivity contribution in [2.75, 3.05) is 0 Å². The smallest absolute Gasteiger partial charge is 0.00799 e. The van der Waals surface area contributed by atoms with E-state index in [0.717, 1.165) is 0 Å². The fourth-order valence-corrected chi connectivity index (χ4v) is 4.40. The van der Waals surface area contributed by atoms with Crippen LogP contribution in [0, 0.1) is 20.8 Å². The van der Waals surface area contributed by atoms with Gasteiger partial charge in [0.05, 0.1) is 0 Å². The summed E-state index contributed by atoms with van der Waals surface area (Å²) in [6.07, 6.45) is 18.6. The Morgan fingerprint density at radius 1 is 0.591 bits per heavy atom. The maximum atomic E-state index is 2.30. The van der Waals surface area contributed by atoms with Gasteiger partial charge in [-0.05, 0) is 44.7 Å². The van der Waals surface area contributed by atoms with E-state index in [4.69, 9.17) is 0 Å². The van der Waals surface area contributed by atoms with Crippen LogP contribution in [0.15, 0.2) is 0 Å². The summed E-state index contributed by atoms with van der Waals surface area (Å²) < 4.78 is 0. The fourth-order valence-electron chi connectivity index (χ4n) is 3.18. The molecule has 1 heteroatoms. The van der Waals surface area contributed by atoms with Crippen molar-refractivity contribution in [2.45, 2.75) is 111 Å². The molecule has 128 valence electrons. The minimum absolute atomic E-state index is 1.31. The maximum absolute atomic E-state index is 2.30. The van der Waals surface area contributed by atoms with Gasteiger partial charge in [0.25, 0.3) is 0 Å². The summed E-state index contributed by atoms with van der Waals surface area (Å²) in [7, 11) is 0. The zero-order valence-corrected chi connectivity index (χ0v) is 16.4. The molecule has 1 aromatic rings. The van der Waals surface area contributed by atoms with Crippen LogP contribution in [0.3, 0.4) is 0 Å². The molecule has 0 aliphatic carbocycles. The van der Waals surface area contributed by atoms with E-state index >= 15 is 0 Å². The molecule has 0 atom stereocenters. The second-order valence-electron chi connectivity index (χ2n) is 6.97. The third-order valence-corrected chi connectivity index (χ3v) is 6.41. The number of hydrogen-bond donors (Lipinski definition) is 0. The van der Waals surface area contributed by atoms with E-state index in [0.29, 0.717) is 0 Å². The van der Waals surface area contributed by atoms with Gasteiger partial charge in [0, 0.05) is 9.75 Å². The molecule has 0 saturated heterocycles. The molecule has 0 radical (unpaired) electrons. The molecule has 0 nitrogen and oxygen atoms in total. The van der Waals surface area contributed by atoms with Crippen LogP contribution in [0.1, 0.15) is 105 Å². The third kappa shape index (κ3) is 7.81. The van der Waals surface area contributed by atoms with E-state index in [1.165, 1.54) is 93.9 Å². The van der Waals surface area contributed by atoms with Gasteiger partial charge in [-0.2, -0.15) is 0 Å². The second-order valence-corrected chi connectivity index (χ2v) is 8.28. The van der Waals surface area contributed by atoms with Gasteiger partial charge < -0.3 is 0 Å². The molecular formula is C21H38S. The Morgan fingerprint density at radius 2 is 1.05 bits per heavy atom. The lowest BCUT2D eigenvalue weighted by Crippen LogP contribution is -1.87. The molecule has 1 aromatic heterocycles. The maximum Gasteiger partial charge on any atom is 0.00799 e. The van der Waals surface area contributed by atoms with Gasteiger partial charge in [0.1, 0.15) is 0 Å². The highest BCUT2D eigenvalue weighted by Gasteiger charge is 2.07. The summed E-state index contributed by atoms with van der Waals surface area (Å²) in [5.74, 6) is 0. The lowest BCUT2D eigenvalue weighted by molar-refractivity contribution is 0.544. The standard InChI is InChI=1S/C21H38S/c1-5-6-7-8-9-10-11-12-13-14-15-16-17-21-19(3)18(2)20(4)22-21/h5-17H2,1-4H3. The van der Waals surface area contributed by atoms with Crippen molar-refractivity contribution in [1.29, 1.82) is 0 Å². The van der Waals surface area contributed by atoms with Gasteiger partial charge in [0.15, 0.2) is 0 Å². The summed E-state index contributed by atoms with van der Waals surface area (Å²) in [4.78, 5) is 3.16. The van der Waals surface area contributed by atoms with Crippen molar-refractivity contribution in [2.24, 2.45) is 0 Å². The van der Waals surface area contributed by atoms with E-state index < -0.39 is 0 Å². The van der Waals surface area contributed by atoms with Gasteiger partial charge in [-0.15, -0.1) is 11.3 Å². The lowest BCUT2D eigenvalue weighted by atomic mass is 10.0. The first kappa shape index (κ1) is 19.7. The van der Waals surface area contributed by atoms with Crippen LogP contribution < -0.4 is 0 Å². The first-order valence-electron chi connectivity index (χ1n) is 9.72. The Balaban J connectivity index is 1.90. The molecule has 0 aliphatic rings. The van der Waals surface area contributed by atoms with E-state index in [1.807, 2.05) is 11.3 Å².